The van der Waals surface area contributed by atoms with Crippen molar-refractivity contribution in [2.75, 3.05) is 0 Å². The summed E-state index contributed by atoms with van der Waals surface area (Å²) in [6.07, 6.45) is 3.06. The predicted octanol–water partition coefficient (Wildman–Crippen LogP) is 3.86. The third-order valence-corrected chi connectivity index (χ3v) is 4.56. The van der Waals surface area contributed by atoms with Crippen molar-refractivity contribution in [3.05, 3.63) is 99.8 Å². The van der Waals surface area contributed by atoms with Gasteiger partial charge in [0.05, 0.1) is 28.0 Å². The number of benzene rings is 2. The summed E-state index contributed by atoms with van der Waals surface area (Å²) in [7, 11) is 0. The molecule has 2 heterocycles. The van der Waals surface area contributed by atoms with E-state index in [1.807, 2.05) is 0 Å². The lowest BCUT2D eigenvalue weighted by Gasteiger charge is -2.14. The highest BCUT2D eigenvalue weighted by molar-refractivity contribution is 6.32. The second-order valence-electron chi connectivity index (χ2n) is 5.98. The molecule has 132 valence electrons. The minimum atomic E-state index is -0.261. The van der Waals surface area contributed by atoms with Crippen LogP contribution in [0.5, 0.6) is 0 Å². The molecule has 0 aliphatic rings. The summed E-state index contributed by atoms with van der Waals surface area (Å²) in [5, 5.41) is 0.877. The van der Waals surface area contributed by atoms with Crippen LogP contribution in [0.3, 0.4) is 0 Å². The number of hydrogen-bond acceptors (Lipinski definition) is 4. The van der Waals surface area contributed by atoms with Gasteiger partial charge in [-0.2, -0.15) is 0 Å². The topological polar surface area (TPSA) is 64.8 Å². The van der Waals surface area contributed by atoms with Crippen LogP contribution in [0.4, 0.5) is 0 Å². The van der Waals surface area contributed by atoms with E-state index in [0.29, 0.717) is 33.0 Å². The summed E-state index contributed by atoms with van der Waals surface area (Å²) in [6.45, 7) is 0. The Morgan fingerprint density at radius 3 is 2.56 bits per heavy atom. The van der Waals surface area contributed by atoms with Gasteiger partial charge in [-0.3, -0.25) is 19.1 Å². The highest BCUT2D eigenvalue weighted by Crippen LogP contribution is 2.21. The second-order valence-corrected chi connectivity index (χ2v) is 6.39. The highest BCUT2D eigenvalue weighted by atomic mass is 35.5. The monoisotopic (exact) mass is 375 g/mol. The highest BCUT2D eigenvalue weighted by Gasteiger charge is 2.18. The number of rotatable bonds is 4. The molecule has 0 bridgehead atoms. The Bertz CT molecular complexity index is 1200. The molecule has 4 aromatic rings. The van der Waals surface area contributed by atoms with Gasteiger partial charge in [0.2, 0.25) is 0 Å². The zero-order valence-electron chi connectivity index (χ0n) is 14.2. The van der Waals surface area contributed by atoms with Crippen molar-refractivity contribution in [2.24, 2.45) is 0 Å². The van der Waals surface area contributed by atoms with E-state index in [4.69, 9.17) is 11.6 Å². The van der Waals surface area contributed by atoms with Crippen LogP contribution >= 0.6 is 11.6 Å². The van der Waals surface area contributed by atoms with Gasteiger partial charge in [-0.1, -0.05) is 35.9 Å². The van der Waals surface area contributed by atoms with Gasteiger partial charge in [0.15, 0.2) is 5.78 Å². The number of para-hydroxylation sites is 2. The molecule has 0 fully saturated rings. The molecule has 0 saturated carbocycles. The van der Waals surface area contributed by atoms with E-state index in [-0.39, 0.29) is 17.8 Å². The third-order valence-electron chi connectivity index (χ3n) is 4.24. The Labute approximate surface area is 159 Å². The van der Waals surface area contributed by atoms with E-state index in [1.54, 1.807) is 66.9 Å². The van der Waals surface area contributed by atoms with Gasteiger partial charge in [0.25, 0.3) is 5.56 Å². The molecular formula is C21H14ClN3O2. The van der Waals surface area contributed by atoms with Crippen molar-refractivity contribution in [3.63, 3.8) is 0 Å². The minimum absolute atomic E-state index is 0.0447. The van der Waals surface area contributed by atoms with Crippen LogP contribution in [0.25, 0.3) is 16.6 Å². The first kappa shape index (κ1) is 17.1. The zero-order valence-corrected chi connectivity index (χ0v) is 14.9. The molecule has 27 heavy (non-hydrogen) atoms. The molecule has 2 aromatic carbocycles. The number of fused-ring (bicyclic) bond motifs is 1. The van der Waals surface area contributed by atoms with Crippen molar-refractivity contribution >= 4 is 28.3 Å². The summed E-state index contributed by atoms with van der Waals surface area (Å²) in [4.78, 5) is 34.4. The minimum Gasteiger partial charge on any atom is -0.294 e. The van der Waals surface area contributed by atoms with Crippen LogP contribution in [-0.4, -0.2) is 20.3 Å². The number of ketones is 1. The van der Waals surface area contributed by atoms with Crippen molar-refractivity contribution in [1.82, 2.24) is 14.5 Å². The molecule has 0 N–H and O–H groups in total. The third kappa shape index (κ3) is 3.25. The van der Waals surface area contributed by atoms with Crippen LogP contribution in [0, 0.1) is 0 Å². The number of carbonyl (C=O) groups excluding carboxylic acids is 1. The number of Topliss-reactive ketones (excluding diaryl/α,β-unsaturated/α-hetero) is 1. The van der Waals surface area contributed by atoms with Gasteiger partial charge < -0.3 is 0 Å². The Kier molecular flexibility index (Phi) is 4.52. The van der Waals surface area contributed by atoms with E-state index in [9.17, 15) is 9.59 Å². The number of nitrogens with zero attached hydrogens (tertiary/aromatic N) is 3. The molecular weight excluding hydrogens is 362 g/mol. The fourth-order valence-electron chi connectivity index (χ4n) is 2.95. The summed E-state index contributed by atoms with van der Waals surface area (Å²) >= 11 is 6.33. The molecule has 0 spiro atoms. The molecule has 0 aliphatic heterocycles. The van der Waals surface area contributed by atoms with Crippen LogP contribution in [0.1, 0.15) is 16.2 Å². The van der Waals surface area contributed by atoms with Gasteiger partial charge in [0.1, 0.15) is 5.82 Å². The van der Waals surface area contributed by atoms with E-state index in [0.717, 1.165) is 0 Å². The van der Waals surface area contributed by atoms with E-state index < -0.39 is 0 Å². The summed E-state index contributed by atoms with van der Waals surface area (Å²) < 4.78 is 1.42. The molecule has 2 aromatic heterocycles. The lowest BCUT2D eigenvalue weighted by Crippen LogP contribution is -2.26. The van der Waals surface area contributed by atoms with Crippen LogP contribution < -0.4 is 5.56 Å². The number of hydrogen-bond donors (Lipinski definition) is 0. The first-order valence-corrected chi connectivity index (χ1v) is 8.72. The van der Waals surface area contributed by atoms with Crippen molar-refractivity contribution in [2.45, 2.75) is 6.42 Å². The van der Waals surface area contributed by atoms with Crippen molar-refractivity contribution in [1.29, 1.82) is 0 Å². The van der Waals surface area contributed by atoms with Gasteiger partial charge in [-0.05, 0) is 36.4 Å². The standard InChI is InChI=1S/C21H14ClN3O2/c22-16-8-2-4-10-18(16)25-20(12-19(26)14-6-5-11-23-13-14)24-17-9-3-1-7-15(17)21(25)27/h1-11,13H,12H2. The fourth-order valence-corrected chi connectivity index (χ4v) is 3.17. The fraction of sp³-hybridized carbons (Fsp3) is 0.0476. The normalized spacial score (nSPS) is 10.9. The average Bonchev–Trinajstić information content (AvgIpc) is 2.70. The number of halogens is 1. The SMILES string of the molecule is O=C(Cc1nc2ccccc2c(=O)n1-c1ccccc1Cl)c1cccnc1. The summed E-state index contributed by atoms with van der Waals surface area (Å²) in [5.41, 5.74) is 1.24. The summed E-state index contributed by atoms with van der Waals surface area (Å²) in [5.74, 6) is 0.159. The van der Waals surface area contributed by atoms with Gasteiger partial charge in [0, 0.05) is 18.0 Å². The smallest absolute Gasteiger partial charge is 0.266 e. The first-order chi connectivity index (χ1) is 13.1. The molecule has 0 atom stereocenters. The van der Waals surface area contributed by atoms with Crippen molar-refractivity contribution < 1.29 is 4.79 Å². The zero-order chi connectivity index (χ0) is 18.8. The molecule has 0 saturated heterocycles. The molecule has 6 heteroatoms. The Hall–Kier alpha value is -3.31. The van der Waals surface area contributed by atoms with Crippen LogP contribution in [0.15, 0.2) is 77.9 Å². The van der Waals surface area contributed by atoms with Gasteiger partial charge >= 0.3 is 0 Å². The maximum absolute atomic E-state index is 13.2. The Balaban J connectivity index is 1.93. The molecule has 0 unspecified atom stereocenters. The quantitative estimate of drug-likeness (QED) is 0.508. The van der Waals surface area contributed by atoms with E-state index in [1.165, 1.54) is 10.8 Å². The number of carbonyl (C=O) groups is 1. The lowest BCUT2D eigenvalue weighted by molar-refractivity contribution is 0.0990. The average molecular weight is 376 g/mol. The van der Waals surface area contributed by atoms with Gasteiger partial charge in [-0.15, -0.1) is 0 Å². The van der Waals surface area contributed by atoms with Crippen LogP contribution in [-0.2, 0) is 6.42 Å². The largest absolute Gasteiger partial charge is 0.294 e. The Morgan fingerprint density at radius 2 is 1.78 bits per heavy atom. The first-order valence-electron chi connectivity index (χ1n) is 8.34. The maximum atomic E-state index is 13.2. The number of pyridine rings is 1. The predicted molar refractivity (Wildman–Crippen MR) is 105 cm³/mol. The molecule has 0 radical (unpaired) electrons. The number of aromatic nitrogens is 3. The molecule has 4 rings (SSSR count). The van der Waals surface area contributed by atoms with Gasteiger partial charge in [-0.25, -0.2) is 4.98 Å². The summed E-state index contributed by atoms with van der Waals surface area (Å²) in [6, 6.07) is 17.4. The molecule has 0 amide bonds. The van der Waals surface area contributed by atoms with Crippen LogP contribution in [0.2, 0.25) is 5.02 Å². The van der Waals surface area contributed by atoms with E-state index >= 15 is 0 Å². The maximum Gasteiger partial charge on any atom is 0.266 e. The molecule has 0 aliphatic carbocycles. The molecule has 5 nitrogen and oxygen atoms in total. The van der Waals surface area contributed by atoms with E-state index in [2.05, 4.69) is 9.97 Å². The second kappa shape index (κ2) is 7.13. The Morgan fingerprint density at radius 1 is 1.00 bits per heavy atom. The van der Waals surface area contributed by atoms with Crippen molar-refractivity contribution in [3.8, 4) is 5.69 Å². The lowest BCUT2D eigenvalue weighted by atomic mass is 10.1.